The highest BCUT2D eigenvalue weighted by Crippen LogP contribution is 2.33. The number of ether oxygens (including phenoxy) is 1. The topological polar surface area (TPSA) is 87.7 Å². The first kappa shape index (κ1) is 33.4. The van der Waals surface area contributed by atoms with Crippen molar-refractivity contribution in [1.82, 2.24) is 15.5 Å². The second kappa shape index (κ2) is 14.9. The van der Waals surface area contributed by atoms with E-state index in [0.717, 1.165) is 23.1 Å². The molecule has 0 spiro atoms. The van der Waals surface area contributed by atoms with Gasteiger partial charge in [0.05, 0.1) is 0 Å². The van der Waals surface area contributed by atoms with E-state index in [0.29, 0.717) is 18.5 Å². The van der Waals surface area contributed by atoms with E-state index in [1.807, 2.05) is 106 Å². The largest absolute Gasteiger partial charge is 0.444 e. The molecule has 230 valence electrons. The van der Waals surface area contributed by atoms with Crippen LogP contribution < -0.4 is 10.6 Å². The molecule has 7 nitrogen and oxygen atoms in total. The number of carbonyl (C=O) groups is 3. The highest BCUT2D eigenvalue weighted by atomic mass is 16.6. The van der Waals surface area contributed by atoms with Gasteiger partial charge in [-0.05, 0) is 69.7 Å². The lowest BCUT2D eigenvalue weighted by molar-refractivity contribution is -0.149. The van der Waals surface area contributed by atoms with E-state index in [4.69, 9.17) is 4.74 Å². The third-order valence-electron chi connectivity index (χ3n) is 7.55. The molecule has 3 aromatic rings. The molecule has 3 amide bonds. The number of hydrogen-bond donors (Lipinski definition) is 2. The Hall–Kier alpha value is -4.13. The number of benzene rings is 3. The molecule has 0 heterocycles. The van der Waals surface area contributed by atoms with Crippen LogP contribution in [0.4, 0.5) is 4.79 Å². The predicted molar refractivity (Wildman–Crippen MR) is 171 cm³/mol. The fourth-order valence-electron chi connectivity index (χ4n) is 4.85. The standard InChI is InChI=1S/C36H47N3O4/c1-8-26-20-22-29(23-21-26)31(32(40)37-25-28-18-14-11-15-19-28)39(36(6,7)9-2)33(41)30(24-27-16-12-10-13-17-27)38-34(42)43-35(3,4)5/h10-23,30-31H,8-9,24-25H2,1-7H3,(H,37,40)(H,38,42). The van der Waals surface area contributed by atoms with Gasteiger partial charge in [0.2, 0.25) is 11.8 Å². The van der Waals surface area contributed by atoms with Crippen molar-refractivity contribution in [2.75, 3.05) is 0 Å². The molecule has 0 bridgehead atoms. The Morgan fingerprint density at radius 1 is 0.767 bits per heavy atom. The van der Waals surface area contributed by atoms with Crippen molar-refractivity contribution < 1.29 is 19.1 Å². The number of nitrogens with one attached hydrogen (secondary N) is 2. The number of amides is 3. The summed E-state index contributed by atoms with van der Waals surface area (Å²) < 4.78 is 5.55. The van der Waals surface area contributed by atoms with Gasteiger partial charge in [0.1, 0.15) is 17.7 Å². The molecule has 0 saturated carbocycles. The Labute approximate surface area is 257 Å². The van der Waals surface area contributed by atoms with E-state index >= 15 is 0 Å². The highest BCUT2D eigenvalue weighted by Gasteiger charge is 2.43. The average molecular weight is 586 g/mol. The normalized spacial score (nSPS) is 13.0. The molecule has 0 aliphatic rings. The summed E-state index contributed by atoms with van der Waals surface area (Å²) >= 11 is 0. The smallest absolute Gasteiger partial charge is 0.408 e. The summed E-state index contributed by atoms with van der Waals surface area (Å²) in [6, 6.07) is 25.1. The van der Waals surface area contributed by atoms with Crippen LogP contribution in [0.3, 0.4) is 0 Å². The van der Waals surface area contributed by atoms with Crippen LogP contribution in [0, 0.1) is 0 Å². The van der Waals surface area contributed by atoms with Gasteiger partial charge in [-0.1, -0.05) is 98.8 Å². The van der Waals surface area contributed by atoms with Gasteiger partial charge in [-0.25, -0.2) is 4.79 Å². The van der Waals surface area contributed by atoms with Crippen LogP contribution >= 0.6 is 0 Å². The van der Waals surface area contributed by atoms with E-state index < -0.39 is 29.3 Å². The van der Waals surface area contributed by atoms with Gasteiger partial charge in [0.15, 0.2) is 0 Å². The van der Waals surface area contributed by atoms with E-state index in [1.54, 1.807) is 25.7 Å². The second-order valence-electron chi connectivity index (χ2n) is 12.5. The highest BCUT2D eigenvalue weighted by molar-refractivity contribution is 5.93. The minimum atomic E-state index is -0.970. The van der Waals surface area contributed by atoms with E-state index in [9.17, 15) is 14.4 Å². The van der Waals surface area contributed by atoms with Crippen LogP contribution in [0.15, 0.2) is 84.9 Å². The Balaban J connectivity index is 2.09. The minimum Gasteiger partial charge on any atom is -0.444 e. The van der Waals surface area contributed by atoms with Crippen molar-refractivity contribution in [3.8, 4) is 0 Å². The van der Waals surface area contributed by atoms with Gasteiger partial charge in [0.25, 0.3) is 0 Å². The second-order valence-corrected chi connectivity index (χ2v) is 12.5. The molecule has 0 radical (unpaired) electrons. The van der Waals surface area contributed by atoms with Gasteiger partial charge < -0.3 is 20.3 Å². The van der Waals surface area contributed by atoms with Crippen molar-refractivity contribution in [3.63, 3.8) is 0 Å². The molecule has 3 rings (SSSR count). The first-order chi connectivity index (χ1) is 20.3. The lowest BCUT2D eigenvalue weighted by Crippen LogP contribution is -2.59. The molecule has 0 fully saturated rings. The van der Waals surface area contributed by atoms with Crippen LogP contribution in [-0.4, -0.2) is 40.0 Å². The SMILES string of the molecule is CCc1ccc(C(C(=O)NCc2ccccc2)N(C(=O)C(Cc2ccccc2)NC(=O)OC(C)(C)C)C(C)(C)CC)cc1. The van der Waals surface area contributed by atoms with Crippen LogP contribution in [0.25, 0.3) is 0 Å². The molecule has 0 aromatic heterocycles. The molecular formula is C36H47N3O4. The number of hydrogen-bond acceptors (Lipinski definition) is 4. The molecule has 2 N–H and O–H groups in total. The van der Waals surface area contributed by atoms with E-state index in [-0.39, 0.29) is 18.2 Å². The number of carbonyl (C=O) groups excluding carboxylic acids is 3. The minimum absolute atomic E-state index is 0.238. The zero-order chi connectivity index (χ0) is 31.6. The van der Waals surface area contributed by atoms with Crippen LogP contribution in [0.5, 0.6) is 0 Å². The van der Waals surface area contributed by atoms with Gasteiger partial charge >= 0.3 is 6.09 Å². The van der Waals surface area contributed by atoms with Crippen molar-refractivity contribution in [2.24, 2.45) is 0 Å². The molecule has 3 aromatic carbocycles. The number of aryl methyl sites for hydroxylation is 1. The summed E-state index contributed by atoms with van der Waals surface area (Å²) in [5.41, 5.74) is 2.19. The molecule has 0 aliphatic carbocycles. The van der Waals surface area contributed by atoms with Crippen molar-refractivity contribution >= 4 is 17.9 Å². The monoisotopic (exact) mass is 585 g/mol. The van der Waals surface area contributed by atoms with E-state index in [1.165, 1.54) is 0 Å². The van der Waals surface area contributed by atoms with Crippen LogP contribution in [0.2, 0.25) is 0 Å². The molecule has 0 aliphatic heterocycles. The number of alkyl carbamates (subject to hydrolysis) is 1. The number of rotatable bonds is 12. The molecule has 2 unspecified atom stereocenters. The van der Waals surface area contributed by atoms with Gasteiger partial charge in [-0.3, -0.25) is 9.59 Å². The predicted octanol–water partition coefficient (Wildman–Crippen LogP) is 6.76. The Morgan fingerprint density at radius 3 is 1.84 bits per heavy atom. The van der Waals surface area contributed by atoms with Gasteiger partial charge in [0, 0.05) is 18.5 Å². The molecule has 43 heavy (non-hydrogen) atoms. The first-order valence-corrected chi connectivity index (χ1v) is 15.1. The summed E-state index contributed by atoms with van der Waals surface area (Å²) in [4.78, 5) is 43.6. The fourth-order valence-corrected chi connectivity index (χ4v) is 4.85. The average Bonchev–Trinajstić information content (AvgIpc) is 2.98. The number of nitrogens with zero attached hydrogens (tertiary/aromatic N) is 1. The lowest BCUT2D eigenvalue weighted by atomic mass is 9.90. The summed E-state index contributed by atoms with van der Waals surface area (Å²) in [5.74, 6) is -0.653. The summed E-state index contributed by atoms with van der Waals surface area (Å²) in [6.45, 7) is 13.6. The van der Waals surface area contributed by atoms with Crippen molar-refractivity contribution in [2.45, 2.75) is 97.5 Å². The van der Waals surface area contributed by atoms with Gasteiger partial charge in [-0.2, -0.15) is 0 Å². The zero-order valence-corrected chi connectivity index (χ0v) is 26.6. The van der Waals surface area contributed by atoms with E-state index in [2.05, 4.69) is 17.6 Å². The summed E-state index contributed by atoms with van der Waals surface area (Å²) in [5, 5.41) is 5.91. The molecular weight excluding hydrogens is 538 g/mol. The lowest BCUT2D eigenvalue weighted by Gasteiger charge is -2.44. The fraction of sp³-hybridized carbons (Fsp3) is 0.417. The maximum absolute atomic E-state index is 14.7. The van der Waals surface area contributed by atoms with Gasteiger partial charge in [-0.15, -0.1) is 0 Å². The quantitative estimate of drug-likeness (QED) is 0.246. The maximum atomic E-state index is 14.7. The van der Waals surface area contributed by atoms with Crippen LogP contribution in [0.1, 0.15) is 83.2 Å². The molecule has 7 heteroatoms. The molecule has 0 saturated heterocycles. The van der Waals surface area contributed by atoms with Crippen LogP contribution in [-0.2, 0) is 33.7 Å². The zero-order valence-electron chi connectivity index (χ0n) is 26.6. The summed E-state index contributed by atoms with van der Waals surface area (Å²) in [7, 11) is 0. The Morgan fingerprint density at radius 2 is 1.33 bits per heavy atom. The molecule has 2 atom stereocenters. The Kier molecular flexibility index (Phi) is 11.5. The third-order valence-corrected chi connectivity index (χ3v) is 7.55. The summed E-state index contributed by atoms with van der Waals surface area (Å²) in [6.07, 6.45) is 0.988. The third kappa shape index (κ3) is 9.70. The van der Waals surface area contributed by atoms with Crippen molar-refractivity contribution in [1.29, 1.82) is 0 Å². The Bertz CT molecular complexity index is 1330. The maximum Gasteiger partial charge on any atom is 0.408 e. The van der Waals surface area contributed by atoms with Crippen molar-refractivity contribution in [3.05, 3.63) is 107 Å². The first-order valence-electron chi connectivity index (χ1n) is 15.1.